The van der Waals surface area contributed by atoms with Crippen LogP contribution in [-0.4, -0.2) is 54.3 Å². The van der Waals surface area contributed by atoms with Crippen LogP contribution in [0.1, 0.15) is 52.7 Å². The maximum atomic E-state index is 13.1. The fourth-order valence-electron chi connectivity index (χ4n) is 3.65. The number of carbonyl (C=O) groups excluding carboxylic acids is 3. The first-order chi connectivity index (χ1) is 14.0. The molecule has 2 heterocycles. The van der Waals surface area contributed by atoms with Gasteiger partial charge < -0.3 is 19.4 Å². The van der Waals surface area contributed by atoms with Crippen LogP contribution in [0.3, 0.4) is 0 Å². The maximum absolute atomic E-state index is 13.1. The first-order valence-electron chi connectivity index (χ1n) is 9.85. The molecule has 1 aromatic heterocycles. The molecule has 1 N–H and O–H groups in total. The van der Waals surface area contributed by atoms with Gasteiger partial charge in [0.05, 0.1) is 19.3 Å². The highest BCUT2D eigenvalue weighted by Gasteiger charge is 2.32. The highest BCUT2D eigenvalue weighted by Crippen LogP contribution is 2.33. The molecule has 3 rings (SSSR count). The summed E-state index contributed by atoms with van der Waals surface area (Å²) < 4.78 is 10.4. The molecule has 29 heavy (non-hydrogen) atoms. The highest BCUT2D eigenvalue weighted by molar-refractivity contribution is 6.43. The molecular formula is C22H26N2O5. The van der Waals surface area contributed by atoms with E-state index < -0.39 is 17.7 Å². The summed E-state index contributed by atoms with van der Waals surface area (Å²) in [6.07, 6.45) is 2.84. The van der Waals surface area contributed by atoms with Gasteiger partial charge in [-0.2, -0.15) is 0 Å². The van der Waals surface area contributed by atoms with Crippen LogP contribution in [0.15, 0.2) is 24.3 Å². The number of amides is 1. The number of nitrogens with one attached hydrogen (secondary N) is 1. The van der Waals surface area contributed by atoms with Crippen LogP contribution < -0.4 is 4.74 Å². The first kappa shape index (κ1) is 20.6. The van der Waals surface area contributed by atoms with Crippen molar-refractivity contribution >= 4 is 17.7 Å². The Morgan fingerprint density at radius 2 is 1.72 bits per heavy atom. The summed E-state index contributed by atoms with van der Waals surface area (Å²) in [7, 11) is 1.56. The number of esters is 1. The lowest BCUT2D eigenvalue weighted by atomic mass is 9.97. The molecule has 0 bridgehead atoms. The van der Waals surface area contributed by atoms with E-state index in [9.17, 15) is 14.4 Å². The van der Waals surface area contributed by atoms with Crippen LogP contribution in [0.25, 0.3) is 11.1 Å². The SMILES string of the molecule is CCOC(=O)c1c(C)[nH]c(C(=O)C(=O)N2CCCCC2)c1-c1ccc(OC)cc1. The number of aromatic amines is 1. The lowest BCUT2D eigenvalue weighted by Gasteiger charge is -2.25. The summed E-state index contributed by atoms with van der Waals surface area (Å²) >= 11 is 0. The average molecular weight is 398 g/mol. The van der Waals surface area contributed by atoms with E-state index in [1.807, 2.05) is 0 Å². The van der Waals surface area contributed by atoms with Gasteiger partial charge in [0, 0.05) is 24.3 Å². The second kappa shape index (κ2) is 8.94. The number of carbonyl (C=O) groups is 3. The van der Waals surface area contributed by atoms with Gasteiger partial charge in [-0.1, -0.05) is 12.1 Å². The third kappa shape index (κ3) is 4.18. The normalized spacial score (nSPS) is 13.8. The number of likely N-dealkylation sites (tertiary alicyclic amines) is 1. The molecule has 1 fully saturated rings. The van der Waals surface area contributed by atoms with Gasteiger partial charge in [0.2, 0.25) is 0 Å². The standard InChI is InChI=1S/C22H26N2O5/c1-4-29-22(27)17-14(2)23-19(18(17)15-8-10-16(28-3)11-9-15)20(25)21(26)24-12-6-5-7-13-24/h8-11,23H,4-7,12-13H2,1-3H3. The summed E-state index contributed by atoms with van der Waals surface area (Å²) in [4.78, 5) is 43.1. The molecule has 1 aliphatic heterocycles. The van der Waals surface area contributed by atoms with Crippen molar-refractivity contribution < 1.29 is 23.9 Å². The Morgan fingerprint density at radius 3 is 2.31 bits per heavy atom. The minimum atomic E-state index is -0.642. The summed E-state index contributed by atoms with van der Waals surface area (Å²) in [5.41, 5.74) is 1.90. The van der Waals surface area contributed by atoms with Crippen LogP contribution in [0.4, 0.5) is 0 Å². The fourth-order valence-corrected chi connectivity index (χ4v) is 3.65. The van der Waals surface area contributed by atoms with Crippen molar-refractivity contribution in [2.45, 2.75) is 33.1 Å². The summed E-state index contributed by atoms with van der Waals surface area (Å²) in [6.45, 7) is 4.78. The van der Waals surface area contributed by atoms with Gasteiger partial charge in [0.1, 0.15) is 11.4 Å². The van der Waals surface area contributed by atoms with Crippen molar-refractivity contribution in [3.8, 4) is 16.9 Å². The number of Topliss-reactive ketones (excluding diaryl/α,β-unsaturated/α-hetero) is 1. The van der Waals surface area contributed by atoms with E-state index in [2.05, 4.69) is 4.98 Å². The fraction of sp³-hybridized carbons (Fsp3) is 0.409. The molecule has 0 radical (unpaired) electrons. The molecule has 2 aromatic rings. The van der Waals surface area contributed by atoms with Crippen molar-refractivity contribution in [2.24, 2.45) is 0 Å². The van der Waals surface area contributed by atoms with Gasteiger partial charge in [0.25, 0.3) is 11.7 Å². The Labute approximate surface area is 170 Å². The molecule has 0 aliphatic carbocycles. The lowest BCUT2D eigenvalue weighted by molar-refractivity contribution is -0.127. The zero-order valence-corrected chi connectivity index (χ0v) is 17.0. The van der Waals surface area contributed by atoms with Gasteiger partial charge in [-0.15, -0.1) is 0 Å². The molecular weight excluding hydrogens is 372 g/mol. The van der Waals surface area contributed by atoms with Gasteiger partial charge in [-0.3, -0.25) is 9.59 Å². The van der Waals surface area contributed by atoms with Crippen LogP contribution >= 0.6 is 0 Å². The lowest BCUT2D eigenvalue weighted by Crippen LogP contribution is -2.40. The second-order valence-electron chi connectivity index (χ2n) is 7.01. The number of piperidine rings is 1. The number of rotatable bonds is 6. The highest BCUT2D eigenvalue weighted by atomic mass is 16.5. The minimum absolute atomic E-state index is 0.117. The molecule has 0 saturated carbocycles. The number of hydrogen-bond acceptors (Lipinski definition) is 5. The molecule has 0 unspecified atom stereocenters. The number of benzene rings is 1. The maximum Gasteiger partial charge on any atom is 0.340 e. The Morgan fingerprint density at radius 1 is 1.07 bits per heavy atom. The number of nitrogens with zero attached hydrogens (tertiary/aromatic N) is 1. The van der Waals surface area contributed by atoms with E-state index >= 15 is 0 Å². The van der Waals surface area contributed by atoms with E-state index in [-0.39, 0.29) is 17.9 Å². The molecule has 1 amide bonds. The van der Waals surface area contributed by atoms with Crippen LogP contribution in [0.5, 0.6) is 5.75 Å². The number of ether oxygens (including phenoxy) is 2. The molecule has 7 heteroatoms. The summed E-state index contributed by atoms with van der Waals surface area (Å²) in [5, 5.41) is 0. The van der Waals surface area contributed by atoms with Crippen LogP contribution in [-0.2, 0) is 9.53 Å². The Hall–Kier alpha value is -3.09. The number of ketones is 1. The topological polar surface area (TPSA) is 88.7 Å². The van der Waals surface area contributed by atoms with E-state index in [1.54, 1.807) is 50.1 Å². The van der Waals surface area contributed by atoms with Crippen LogP contribution in [0, 0.1) is 6.92 Å². The van der Waals surface area contributed by atoms with Crippen molar-refractivity contribution in [2.75, 3.05) is 26.8 Å². The number of H-pyrrole nitrogens is 1. The predicted octanol–water partition coefficient (Wildman–Crippen LogP) is 3.37. The molecule has 1 saturated heterocycles. The van der Waals surface area contributed by atoms with Crippen molar-refractivity contribution in [3.05, 3.63) is 41.2 Å². The monoisotopic (exact) mass is 398 g/mol. The summed E-state index contributed by atoms with van der Waals surface area (Å²) in [5.74, 6) is -1.07. The Kier molecular flexibility index (Phi) is 6.36. The molecule has 7 nitrogen and oxygen atoms in total. The molecule has 1 aliphatic rings. The first-order valence-corrected chi connectivity index (χ1v) is 9.85. The molecule has 0 spiro atoms. The predicted molar refractivity (Wildman–Crippen MR) is 108 cm³/mol. The zero-order chi connectivity index (χ0) is 21.0. The number of aryl methyl sites for hydroxylation is 1. The number of aromatic nitrogens is 1. The number of methoxy groups -OCH3 is 1. The summed E-state index contributed by atoms with van der Waals surface area (Å²) in [6, 6.07) is 7.00. The molecule has 1 aromatic carbocycles. The van der Waals surface area contributed by atoms with E-state index in [4.69, 9.17) is 9.47 Å². The Balaban J connectivity index is 2.08. The van der Waals surface area contributed by atoms with E-state index in [1.165, 1.54) is 0 Å². The van der Waals surface area contributed by atoms with Crippen molar-refractivity contribution in [1.29, 1.82) is 0 Å². The van der Waals surface area contributed by atoms with Gasteiger partial charge in [-0.25, -0.2) is 4.79 Å². The number of hydrogen-bond donors (Lipinski definition) is 1. The average Bonchev–Trinajstić information content (AvgIpc) is 3.10. The zero-order valence-electron chi connectivity index (χ0n) is 17.0. The van der Waals surface area contributed by atoms with E-state index in [0.29, 0.717) is 35.7 Å². The smallest absolute Gasteiger partial charge is 0.340 e. The third-order valence-corrected chi connectivity index (χ3v) is 5.11. The van der Waals surface area contributed by atoms with Crippen LogP contribution in [0.2, 0.25) is 0 Å². The van der Waals surface area contributed by atoms with Gasteiger partial charge in [-0.05, 0) is 50.8 Å². The third-order valence-electron chi connectivity index (χ3n) is 5.11. The second-order valence-corrected chi connectivity index (χ2v) is 7.01. The van der Waals surface area contributed by atoms with E-state index in [0.717, 1.165) is 19.3 Å². The molecule has 154 valence electrons. The van der Waals surface area contributed by atoms with Crippen molar-refractivity contribution in [3.63, 3.8) is 0 Å². The largest absolute Gasteiger partial charge is 0.497 e. The quantitative estimate of drug-likeness (QED) is 0.458. The van der Waals surface area contributed by atoms with Gasteiger partial charge in [0.15, 0.2) is 0 Å². The molecule has 0 atom stereocenters. The van der Waals surface area contributed by atoms with Crippen molar-refractivity contribution in [1.82, 2.24) is 9.88 Å². The van der Waals surface area contributed by atoms with Gasteiger partial charge >= 0.3 is 5.97 Å². The minimum Gasteiger partial charge on any atom is -0.497 e. The Bertz CT molecular complexity index is 908.